The Labute approximate surface area is 145 Å². The summed E-state index contributed by atoms with van der Waals surface area (Å²) in [7, 11) is 0. The summed E-state index contributed by atoms with van der Waals surface area (Å²) >= 11 is 0. The second-order valence-electron chi connectivity index (χ2n) is 6.46. The zero-order chi connectivity index (χ0) is 17.1. The highest BCUT2D eigenvalue weighted by Gasteiger charge is 2.32. The lowest BCUT2D eigenvalue weighted by atomic mass is 10.1. The van der Waals surface area contributed by atoms with Gasteiger partial charge in [-0.15, -0.1) is 0 Å². The molecular formula is C18H21FN6. The minimum absolute atomic E-state index is 0.153. The molecule has 2 atom stereocenters. The quantitative estimate of drug-likeness (QED) is 0.719. The van der Waals surface area contributed by atoms with Crippen molar-refractivity contribution in [2.75, 3.05) is 13.1 Å². The van der Waals surface area contributed by atoms with Crippen LogP contribution in [0.5, 0.6) is 0 Å². The van der Waals surface area contributed by atoms with E-state index in [4.69, 9.17) is 0 Å². The van der Waals surface area contributed by atoms with Crippen LogP contribution in [0.1, 0.15) is 17.8 Å². The maximum Gasteiger partial charge on any atom is 0.142 e. The normalized spacial score (nSPS) is 21.2. The van der Waals surface area contributed by atoms with Gasteiger partial charge in [-0.2, -0.15) is 5.10 Å². The highest BCUT2D eigenvalue weighted by Crippen LogP contribution is 2.22. The Kier molecular flexibility index (Phi) is 4.67. The van der Waals surface area contributed by atoms with Crippen LogP contribution >= 0.6 is 0 Å². The van der Waals surface area contributed by atoms with Crippen molar-refractivity contribution in [1.29, 1.82) is 0 Å². The van der Waals surface area contributed by atoms with Crippen molar-refractivity contribution in [2.24, 2.45) is 0 Å². The van der Waals surface area contributed by atoms with Gasteiger partial charge in [0.25, 0.3) is 0 Å². The third kappa shape index (κ3) is 3.67. The van der Waals surface area contributed by atoms with Crippen molar-refractivity contribution in [3.05, 3.63) is 54.2 Å². The number of likely N-dealkylation sites (tertiary alicyclic amines) is 1. The molecule has 1 saturated heterocycles. The molecule has 2 aromatic heterocycles. The van der Waals surface area contributed by atoms with Crippen molar-refractivity contribution >= 4 is 10.9 Å². The van der Waals surface area contributed by atoms with Crippen molar-refractivity contribution in [2.45, 2.75) is 31.7 Å². The number of fused-ring (bicyclic) bond motifs is 1. The molecule has 7 heteroatoms. The molecule has 25 heavy (non-hydrogen) atoms. The van der Waals surface area contributed by atoms with Crippen LogP contribution in [0.4, 0.5) is 4.39 Å². The number of rotatable bonds is 6. The zero-order valence-electron chi connectivity index (χ0n) is 13.9. The van der Waals surface area contributed by atoms with Crippen molar-refractivity contribution in [3.63, 3.8) is 0 Å². The first-order chi connectivity index (χ1) is 12.3. The van der Waals surface area contributed by atoms with Crippen LogP contribution in [0.3, 0.4) is 0 Å². The fourth-order valence-corrected chi connectivity index (χ4v) is 3.47. The van der Waals surface area contributed by atoms with Gasteiger partial charge >= 0.3 is 0 Å². The van der Waals surface area contributed by atoms with Gasteiger partial charge in [0.2, 0.25) is 0 Å². The fourth-order valence-electron chi connectivity index (χ4n) is 3.47. The van der Waals surface area contributed by atoms with Gasteiger partial charge in [-0.3, -0.25) is 10.00 Å². The Bertz CT molecular complexity index is 821. The van der Waals surface area contributed by atoms with Crippen LogP contribution < -0.4 is 5.32 Å². The topological polar surface area (TPSA) is 69.7 Å². The van der Waals surface area contributed by atoms with Crippen LogP contribution in [0.25, 0.3) is 10.9 Å². The van der Waals surface area contributed by atoms with Crippen molar-refractivity contribution in [1.82, 2.24) is 30.4 Å². The summed E-state index contributed by atoms with van der Waals surface area (Å²) in [6, 6.07) is 8.09. The molecule has 130 valence electrons. The Morgan fingerprint density at radius 1 is 1.24 bits per heavy atom. The molecule has 0 bridgehead atoms. The molecular weight excluding hydrogens is 319 g/mol. The van der Waals surface area contributed by atoms with E-state index in [9.17, 15) is 4.39 Å². The Morgan fingerprint density at radius 2 is 2.12 bits per heavy atom. The van der Waals surface area contributed by atoms with E-state index in [0.29, 0.717) is 19.5 Å². The third-order valence-electron chi connectivity index (χ3n) is 4.70. The number of aromatic nitrogens is 4. The smallest absolute Gasteiger partial charge is 0.142 e. The first-order valence-electron chi connectivity index (χ1n) is 8.55. The minimum atomic E-state index is -0.786. The number of H-pyrrole nitrogens is 1. The monoisotopic (exact) mass is 340 g/mol. The van der Waals surface area contributed by atoms with E-state index in [-0.39, 0.29) is 6.04 Å². The summed E-state index contributed by atoms with van der Waals surface area (Å²) in [6.07, 6.45) is 5.04. The van der Waals surface area contributed by atoms with Crippen LogP contribution in [0.15, 0.2) is 42.9 Å². The van der Waals surface area contributed by atoms with Gasteiger partial charge in [-0.05, 0) is 18.1 Å². The average molecular weight is 340 g/mol. The highest BCUT2D eigenvalue weighted by atomic mass is 19.1. The first kappa shape index (κ1) is 16.1. The Hall–Kier alpha value is -2.38. The van der Waals surface area contributed by atoms with Crippen molar-refractivity contribution < 1.29 is 4.39 Å². The predicted molar refractivity (Wildman–Crippen MR) is 93.5 cm³/mol. The van der Waals surface area contributed by atoms with E-state index < -0.39 is 6.17 Å². The van der Waals surface area contributed by atoms with E-state index in [1.165, 1.54) is 5.56 Å². The molecule has 1 fully saturated rings. The summed E-state index contributed by atoms with van der Waals surface area (Å²) in [6.45, 7) is 2.49. The molecule has 1 aromatic carbocycles. The second kappa shape index (κ2) is 7.25. The Morgan fingerprint density at radius 3 is 3.00 bits per heavy atom. The molecule has 0 amide bonds. The van der Waals surface area contributed by atoms with E-state index >= 15 is 0 Å². The van der Waals surface area contributed by atoms with E-state index in [1.807, 2.05) is 18.3 Å². The number of para-hydroxylation sites is 1. The molecule has 1 aliphatic rings. The number of nitrogens with zero attached hydrogens (tertiary/aromatic N) is 4. The molecule has 3 aromatic rings. The third-order valence-corrected chi connectivity index (χ3v) is 4.70. The van der Waals surface area contributed by atoms with Crippen LogP contribution in [-0.4, -0.2) is 50.4 Å². The van der Waals surface area contributed by atoms with Crippen LogP contribution in [0.2, 0.25) is 0 Å². The minimum Gasteiger partial charge on any atom is -0.311 e. The largest absolute Gasteiger partial charge is 0.311 e. The molecule has 1 aliphatic heterocycles. The standard InChI is InChI=1S/C18H21FN6/c19-15-7-16(25(11-15)12-17-21-5-2-6-22-17)10-20-8-13-3-1-4-14-9-23-24-18(13)14/h1-6,9,15-16,20H,7-8,10-12H2,(H,23,24)/t15-,16-/m0/s1. The summed E-state index contributed by atoms with van der Waals surface area (Å²) in [5.74, 6) is 0.740. The van der Waals surface area contributed by atoms with Gasteiger partial charge in [-0.1, -0.05) is 18.2 Å². The van der Waals surface area contributed by atoms with E-state index in [2.05, 4.69) is 36.4 Å². The summed E-state index contributed by atoms with van der Waals surface area (Å²) in [5, 5.41) is 11.7. The van der Waals surface area contributed by atoms with Crippen molar-refractivity contribution in [3.8, 4) is 0 Å². The average Bonchev–Trinajstić information content (AvgIpc) is 3.23. The lowest BCUT2D eigenvalue weighted by Gasteiger charge is -2.23. The molecule has 6 nitrogen and oxygen atoms in total. The molecule has 0 spiro atoms. The maximum absolute atomic E-state index is 13.9. The number of hydrogen-bond acceptors (Lipinski definition) is 5. The van der Waals surface area contributed by atoms with E-state index in [1.54, 1.807) is 18.5 Å². The number of benzene rings is 1. The number of aromatic amines is 1. The SMILES string of the molecule is F[C@H]1C[C@@H](CNCc2cccc3cn[nH]c23)N(Cc2ncccn2)C1. The zero-order valence-corrected chi connectivity index (χ0v) is 13.9. The number of alkyl halides is 1. The van der Waals surface area contributed by atoms with Gasteiger partial charge in [0.1, 0.15) is 12.0 Å². The number of hydrogen-bond donors (Lipinski definition) is 2. The fraction of sp³-hybridized carbons (Fsp3) is 0.389. The lowest BCUT2D eigenvalue weighted by Crippen LogP contribution is -2.37. The van der Waals surface area contributed by atoms with Gasteiger partial charge in [0.15, 0.2) is 0 Å². The molecule has 2 N–H and O–H groups in total. The first-order valence-corrected chi connectivity index (χ1v) is 8.55. The molecule has 0 unspecified atom stereocenters. The molecule has 3 heterocycles. The highest BCUT2D eigenvalue weighted by molar-refractivity contribution is 5.81. The van der Waals surface area contributed by atoms with Gasteiger partial charge in [0.05, 0.1) is 18.3 Å². The number of nitrogens with one attached hydrogen (secondary N) is 2. The van der Waals surface area contributed by atoms with Gasteiger partial charge in [0, 0.05) is 43.5 Å². The summed E-state index contributed by atoms with van der Waals surface area (Å²) in [5.41, 5.74) is 2.22. The predicted octanol–water partition coefficient (Wildman–Crippen LogP) is 2.06. The van der Waals surface area contributed by atoms with Crippen LogP contribution in [0, 0.1) is 0 Å². The molecule has 0 saturated carbocycles. The van der Waals surface area contributed by atoms with E-state index in [0.717, 1.165) is 29.8 Å². The number of halogens is 1. The molecule has 0 radical (unpaired) electrons. The Balaban J connectivity index is 1.37. The second-order valence-corrected chi connectivity index (χ2v) is 6.46. The summed E-state index contributed by atoms with van der Waals surface area (Å²) < 4.78 is 13.9. The molecule has 0 aliphatic carbocycles. The van der Waals surface area contributed by atoms with Gasteiger partial charge < -0.3 is 5.32 Å². The van der Waals surface area contributed by atoms with Gasteiger partial charge in [-0.25, -0.2) is 14.4 Å². The molecule has 4 rings (SSSR count). The van der Waals surface area contributed by atoms with Crippen LogP contribution in [-0.2, 0) is 13.1 Å². The maximum atomic E-state index is 13.9. The summed E-state index contributed by atoms with van der Waals surface area (Å²) in [4.78, 5) is 10.6. The lowest BCUT2D eigenvalue weighted by molar-refractivity contribution is 0.225.